The molecule has 2 aromatic carbocycles. The van der Waals surface area contributed by atoms with Gasteiger partial charge in [-0.3, -0.25) is 0 Å². The number of carbonyl (C=O) groups is 2. The number of fused-ring (bicyclic) bond motifs is 1. The zero-order chi connectivity index (χ0) is 24.5. The number of hydrogen-bond donors (Lipinski definition) is 0. The second-order valence-corrected chi connectivity index (χ2v) is 8.13. The van der Waals surface area contributed by atoms with Gasteiger partial charge in [-0.05, 0) is 68.1 Å². The summed E-state index contributed by atoms with van der Waals surface area (Å²) in [5.74, 6) is 0.608. The minimum absolute atomic E-state index is 0.266. The van der Waals surface area contributed by atoms with Crippen LogP contribution in [0.15, 0.2) is 54.6 Å². The number of esters is 2. The molecule has 2 unspecified atom stereocenters. The number of hydrogen-bond acceptors (Lipinski definition) is 6. The van der Waals surface area contributed by atoms with Crippen LogP contribution in [0.1, 0.15) is 46.1 Å². The molecule has 6 heteroatoms. The second-order valence-electron chi connectivity index (χ2n) is 8.13. The summed E-state index contributed by atoms with van der Waals surface area (Å²) < 4.78 is 22.6. The van der Waals surface area contributed by atoms with E-state index in [1.165, 1.54) is 0 Å². The molecule has 33 heavy (non-hydrogen) atoms. The van der Waals surface area contributed by atoms with E-state index >= 15 is 0 Å². The van der Waals surface area contributed by atoms with Gasteiger partial charge in [0, 0.05) is 11.1 Å². The van der Waals surface area contributed by atoms with Crippen LogP contribution in [-0.4, -0.2) is 37.4 Å². The van der Waals surface area contributed by atoms with Crippen LogP contribution in [0.25, 0.3) is 10.8 Å². The molecule has 178 valence electrons. The largest absolute Gasteiger partial charge is 0.490 e. The predicted molar refractivity (Wildman–Crippen MR) is 130 cm³/mol. The van der Waals surface area contributed by atoms with Crippen molar-refractivity contribution in [2.24, 2.45) is 0 Å². The minimum atomic E-state index is -0.410. The fraction of sp³-hybridized carbons (Fsp3) is 0.407. The van der Waals surface area contributed by atoms with Crippen LogP contribution in [0.5, 0.6) is 11.5 Å². The van der Waals surface area contributed by atoms with Gasteiger partial charge in [-0.2, -0.15) is 0 Å². The maximum absolute atomic E-state index is 11.8. The van der Waals surface area contributed by atoms with Crippen LogP contribution in [0.2, 0.25) is 0 Å². The maximum Gasteiger partial charge on any atom is 0.333 e. The van der Waals surface area contributed by atoms with Crippen molar-refractivity contribution < 1.29 is 28.5 Å². The van der Waals surface area contributed by atoms with Crippen LogP contribution in [0.3, 0.4) is 0 Å². The Morgan fingerprint density at radius 2 is 1.39 bits per heavy atom. The van der Waals surface area contributed by atoms with Gasteiger partial charge in [0.2, 0.25) is 0 Å². The fourth-order valence-electron chi connectivity index (χ4n) is 3.04. The third-order valence-corrected chi connectivity index (χ3v) is 5.23. The first-order valence-corrected chi connectivity index (χ1v) is 11.2. The molecule has 0 bridgehead atoms. The summed E-state index contributed by atoms with van der Waals surface area (Å²) in [6, 6.07) is 9.67. The van der Waals surface area contributed by atoms with Crippen molar-refractivity contribution in [1.29, 1.82) is 0 Å². The Bertz CT molecular complexity index is 1020. The molecule has 6 nitrogen and oxygen atoms in total. The summed E-state index contributed by atoms with van der Waals surface area (Å²) in [5, 5.41) is 2.04. The van der Waals surface area contributed by atoms with Gasteiger partial charge in [0.15, 0.2) is 0 Å². The van der Waals surface area contributed by atoms with Crippen LogP contribution in [0.4, 0.5) is 0 Å². The van der Waals surface area contributed by atoms with E-state index in [0.717, 1.165) is 22.1 Å². The highest BCUT2D eigenvalue weighted by Crippen LogP contribution is 2.30. The summed E-state index contributed by atoms with van der Waals surface area (Å²) in [7, 11) is 0. The number of carbonyl (C=O) groups excluding carboxylic acids is 2. The lowest BCUT2D eigenvalue weighted by Crippen LogP contribution is -2.25. The van der Waals surface area contributed by atoms with E-state index in [9.17, 15) is 9.59 Å². The van der Waals surface area contributed by atoms with Crippen molar-refractivity contribution in [3.8, 4) is 11.5 Å². The molecule has 0 aromatic heterocycles. The molecule has 0 spiro atoms. The molecular weight excluding hydrogens is 420 g/mol. The van der Waals surface area contributed by atoms with E-state index in [-0.39, 0.29) is 25.4 Å². The quantitative estimate of drug-likeness (QED) is 0.303. The average molecular weight is 455 g/mol. The first kappa shape index (κ1) is 26.0. The summed E-state index contributed by atoms with van der Waals surface area (Å²) in [4.78, 5) is 23.5. The van der Waals surface area contributed by atoms with Crippen molar-refractivity contribution in [3.05, 3.63) is 60.2 Å². The summed E-state index contributed by atoms with van der Waals surface area (Å²) in [6.45, 7) is 16.9. The topological polar surface area (TPSA) is 71.1 Å². The van der Waals surface area contributed by atoms with E-state index in [1.807, 2.05) is 51.1 Å². The highest BCUT2D eigenvalue weighted by Gasteiger charge is 2.16. The summed E-state index contributed by atoms with van der Waals surface area (Å²) in [5.41, 5.74) is 1.72. The molecule has 0 aliphatic heterocycles. The zero-order valence-electron chi connectivity index (χ0n) is 20.2. The van der Waals surface area contributed by atoms with Crippen LogP contribution < -0.4 is 9.47 Å². The Morgan fingerprint density at radius 1 is 0.848 bits per heavy atom. The lowest BCUT2D eigenvalue weighted by Gasteiger charge is -2.19. The molecule has 0 fully saturated rings. The first-order chi connectivity index (χ1) is 15.7. The van der Waals surface area contributed by atoms with Crippen molar-refractivity contribution in [1.82, 2.24) is 0 Å². The summed E-state index contributed by atoms with van der Waals surface area (Å²) in [6.07, 6.45) is 0.609. The lowest BCUT2D eigenvalue weighted by atomic mass is 10.0. The third-order valence-electron chi connectivity index (χ3n) is 5.23. The SMILES string of the molecule is C=C(C)C(=O)OC(CC)COc1ccc2c(C)c(OCC(CC)OC(=O)C(=C)C)ccc2c1. The third kappa shape index (κ3) is 7.38. The van der Waals surface area contributed by atoms with E-state index in [2.05, 4.69) is 13.2 Å². The van der Waals surface area contributed by atoms with Crippen molar-refractivity contribution in [3.63, 3.8) is 0 Å². The predicted octanol–water partition coefficient (Wildman–Crippen LogP) is 5.70. The molecule has 2 atom stereocenters. The molecule has 0 saturated heterocycles. The van der Waals surface area contributed by atoms with Gasteiger partial charge in [-0.25, -0.2) is 9.59 Å². The number of aryl methyl sites for hydroxylation is 1. The van der Waals surface area contributed by atoms with Crippen molar-refractivity contribution in [2.45, 2.75) is 59.7 Å². The molecule has 2 aromatic rings. The monoisotopic (exact) mass is 454 g/mol. The van der Waals surface area contributed by atoms with Gasteiger partial charge >= 0.3 is 11.9 Å². The highest BCUT2D eigenvalue weighted by molar-refractivity contribution is 5.89. The molecule has 0 saturated carbocycles. The average Bonchev–Trinajstić information content (AvgIpc) is 2.79. The minimum Gasteiger partial charge on any atom is -0.490 e. The number of benzene rings is 2. The van der Waals surface area contributed by atoms with Gasteiger partial charge in [-0.1, -0.05) is 39.1 Å². The fourth-order valence-corrected chi connectivity index (χ4v) is 3.04. The van der Waals surface area contributed by atoms with Crippen LogP contribution in [-0.2, 0) is 19.1 Å². The van der Waals surface area contributed by atoms with Crippen LogP contribution in [0, 0.1) is 6.92 Å². The molecule has 0 amide bonds. The zero-order valence-corrected chi connectivity index (χ0v) is 20.2. The summed E-state index contributed by atoms with van der Waals surface area (Å²) >= 11 is 0. The van der Waals surface area contributed by atoms with E-state index in [4.69, 9.17) is 18.9 Å². The van der Waals surface area contributed by atoms with E-state index in [0.29, 0.717) is 29.7 Å². The van der Waals surface area contributed by atoms with E-state index in [1.54, 1.807) is 13.8 Å². The Kier molecular flexibility index (Phi) is 9.52. The second kappa shape index (κ2) is 12.1. The van der Waals surface area contributed by atoms with Gasteiger partial charge in [0.1, 0.15) is 36.9 Å². The smallest absolute Gasteiger partial charge is 0.333 e. The first-order valence-electron chi connectivity index (χ1n) is 11.2. The molecule has 2 rings (SSSR count). The normalized spacial score (nSPS) is 12.5. The van der Waals surface area contributed by atoms with Gasteiger partial charge in [-0.15, -0.1) is 0 Å². The Hall–Kier alpha value is -3.28. The molecule has 0 radical (unpaired) electrons. The number of rotatable bonds is 12. The van der Waals surface area contributed by atoms with Gasteiger partial charge in [0.05, 0.1) is 0 Å². The maximum atomic E-state index is 11.8. The van der Waals surface area contributed by atoms with Gasteiger partial charge < -0.3 is 18.9 Å². The lowest BCUT2D eigenvalue weighted by molar-refractivity contribution is -0.146. The van der Waals surface area contributed by atoms with Gasteiger partial charge in [0.25, 0.3) is 0 Å². The van der Waals surface area contributed by atoms with Crippen LogP contribution >= 0.6 is 0 Å². The van der Waals surface area contributed by atoms with E-state index < -0.39 is 11.9 Å². The Balaban J connectivity index is 2.06. The van der Waals surface area contributed by atoms with Crippen molar-refractivity contribution in [2.75, 3.05) is 13.2 Å². The highest BCUT2D eigenvalue weighted by atomic mass is 16.6. The molecular formula is C27H34O6. The Labute approximate surface area is 196 Å². The number of ether oxygens (including phenoxy) is 4. The Morgan fingerprint density at radius 3 is 1.91 bits per heavy atom. The van der Waals surface area contributed by atoms with Crippen molar-refractivity contribution >= 4 is 22.7 Å². The molecule has 0 aliphatic carbocycles. The molecule has 0 heterocycles. The standard InChI is InChI=1S/C27H34O6/c1-8-21(32-26(28)17(3)4)15-30-23-11-12-24-19(7)25(13-10-20(24)14-23)31-16-22(9-2)33-27(29)18(5)6/h10-14,21-22H,3,5,8-9,15-16H2,1-2,4,6-7H3. The molecule has 0 N–H and O–H groups in total. The molecule has 0 aliphatic rings.